The van der Waals surface area contributed by atoms with E-state index >= 15 is 0 Å². The number of guanidine groups is 1. The van der Waals surface area contributed by atoms with Gasteiger partial charge in [0.1, 0.15) is 0 Å². The Morgan fingerprint density at radius 1 is 1.38 bits per heavy atom. The minimum Gasteiger partial charge on any atom is -0.370 e. The second kappa shape index (κ2) is 5.55. The summed E-state index contributed by atoms with van der Waals surface area (Å²) in [5.74, 6) is 0.741. The van der Waals surface area contributed by atoms with Crippen molar-refractivity contribution in [3.8, 4) is 0 Å². The van der Waals surface area contributed by atoms with Crippen LogP contribution in [0, 0.1) is 0 Å². The maximum Gasteiger partial charge on any atom is 0.192 e. The van der Waals surface area contributed by atoms with Crippen LogP contribution in [-0.2, 0) is 0 Å². The Balaban J connectivity index is 2.71. The van der Waals surface area contributed by atoms with E-state index in [1.54, 1.807) is 0 Å². The van der Waals surface area contributed by atoms with E-state index in [-0.39, 0.29) is 5.54 Å². The van der Waals surface area contributed by atoms with E-state index < -0.39 is 0 Å². The topological polar surface area (TPSA) is 41.6 Å². The van der Waals surface area contributed by atoms with Crippen LogP contribution in [0.15, 0.2) is 4.99 Å². The van der Waals surface area contributed by atoms with E-state index in [2.05, 4.69) is 37.6 Å². The molecular formula is C13H27N3. The molecule has 1 fully saturated rings. The van der Waals surface area contributed by atoms with Gasteiger partial charge in [0.2, 0.25) is 0 Å². The lowest BCUT2D eigenvalue weighted by Gasteiger charge is -2.37. The third-order valence-corrected chi connectivity index (χ3v) is 2.99. The summed E-state index contributed by atoms with van der Waals surface area (Å²) in [5, 5.41) is 0. The predicted octanol–water partition coefficient (Wildman–Crippen LogP) is 2.75. The Morgan fingerprint density at radius 3 is 2.62 bits per heavy atom. The number of piperidine rings is 1. The van der Waals surface area contributed by atoms with Gasteiger partial charge in [-0.2, -0.15) is 0 Å². The molecule has 1 rings (SSSR count). The monoisotopic (exact) mass is 225 g/mol. The summed E-state index contributed by atoms with van der Waals surface area (Å²) in [6.07, 6.45) is 6.32. The molecule has 0 aliphatic carbocycles. The fourth-order valence-electron chi connectivity index (χ4n) is 2.34. The van der Waals surface area contributed by atoms with Gasteiger partial charge in [-0.05, 0) is 46.5 Å². The van der Waals surface area contributed by atoms with Gasteiger partial charge in [-0.25, -0.2) is 4.99 Å². The van der Waals surface area contributed by atoms with Crippen LogP contribution >= 0.6 is 0 Å². The summed E-state index contributed by atoms with van der Waals surface area (Å²) in [6, 6.07) is 0.616. The molecule has 1 unspecified atom stereocenters. The van der Waals surface area contributed by atoms with Crippen LogP contribution in [0.1, 0.15) is 59.8 Å². The molecule has 1 heterocycles. The largest absolute Gasteiger partial charge is 0.370 e. The van der Waals surface area contributed by atoms with Crippen molar-refractivity contribution in [2.75, 3.05) is 6.54 Å². The average molecular weight is 225 g/mol. The fourth-order valence-corrected chi connectivity index (χ4v) is 2.34. The first kappa shape index (κ1) is 13.3. The number of aliphatic imine (C=N–C) groups is 1. The van der Waals surface area contributed by atoms with Gasteiger partial charge < -0.3 is 10.6 Å². The van der Waals surface area contributed by atoms with Gasteiger partial charge in [-0.1, -0.05) is 13.3 Å². The molecule has 0 aromatic heterocycles. The first-order chi connectivity index (χ1) is 7.44. The smallest absolute Gasteiger partial charge is 0.192 e. The van der Waals surface area contributed by atoms with Crippen LogP contribution in [0.25, 0.3) is 0 Å². The summed E-state index contributed by atoms with van der Waals surface area (Å²) >= 11 is 0. The lowest BCUT2D eigenvalue weighted by atomic mass is 9.98. The van der Waals surface area contributed by atoms with Gasteiger partial charge in [-0.3, -0.25) is 0 Å². The van der Waals surface area contributed by atoms with Crippen LogP contribution in [0.3, 0.4) is 0 Å². The normalized spacial score (nSPS) is 23.6. The molecule has 1 atom stereocenters. The summed E-state index contributed by atoms with van der Waals surface area (Å²) < 4.78 is 0. The average Bonchev–Trinajstić information content (AvgIpc) is 2.16. The number of rotatable bonds is 2. The molecule has 0 spiro atoms. The number of hydrogen-bond acceptors (Lipinski definition) is 1. The lowest BCUT2D eigenvalue weighted by Crippen LogP contribution is -2.48. The highest BCUT2D eigenvalue weighted by atomic mass is 15.3. The molecular weight excluding hydrogens is 198 g/mol. The third-order valence-electron chi connectivity index (χ3n) is 2.99. The molecule has 94 valence electrons. The zero-order valence-electron chi connectivity index (χ0n) is 11.3. The molecule has 3 nitrogen and oxygen atoms in total. The Morgan fingerprint density at radius 2 is 2.06 bits per heavy atom. The summed E-state index contributed by atoms with van der Waals surface area (Å²) in [4.78, 5) is 6.90. The number of nitrogens with two attached hydrogens (primary N) is 1. The SMILES string of the molecule is CCCC1CCCCN1C(N)=NC(C)(C)C. The van der Waals surface area contributed by atoms with Crippen molar-refractivity contribution in [1.29, 1.82) is 0 Å². The minimum atomic E-state index is -0.0711. The number of likely N-dealkylation sites (tertiary alicyclic amines) is 1. The highest BCUT2D eigenvalue weighted by molar-refractivity contribution is 5.79. The van der Waals surface area contributed by atoms with E-state index in [0.29, 0.717) is 6.04 Å². The van der Waals surface area contributed by atoms with Crippen molar-refractivity contribution in [2.45, 2.75) is 71.4 Å². The van der Waals surface area contributed by atoms with Crippen LogP contribution in [0.2, 0.25) is 0 Å². The molecule has 0 radical (unpaired) electrons. The van der Waals surface area contributed by atoms with Gasteiger partial charge in [0.05, 0.1) is 5.54 Å². The number of nitrogens with zero attached hydrogens (tertiary/aromatic N) is 2. The molecule has 16 heavy (non-hydrogen) atoms. The quantitative estimate of drug-likeness (QED) is 0.580. The van der Waals surface area contributed by atoms with Gasteiger partial charge in [-0.15, -0.1) is 0 Å². The van der Waals surface area contributed by atoms with Gasteiger partial charge >= 0.3 is 0 Å². The Kier molecular flexibility index (Phi) is 4.63. The van der Waals surface area contributed by atoms with Crippen molar-refractivity contribution >= 4 is 5.96 Å². The van der Waals surface area contributed by atoms with Crippen molar-refractivity contribution in [2.24, 2.45) is 10.7 Å². The zero-order chi connectivity index (χ0) is 12.2. The molecule has 0 bridgehead atoms. The third kappa shape index (κ3) is 4.03. The van der Waals surface area contributed by atoms with E-state index in [1.165, 1.54) is 32.1 Å². The zero-order valence-corrected chi connectivity index (χ0v) is 11.3. The molecule has 0 aromatic rings. The fraction of sp³-hybridized carbons (Fsp3) is 0.923. The molecule has 2 N–H and O–H groups in total. The van der Waals surface area contributed by atoms with Crippen molar-refractivity contribution in [1.82, 2.24) is 4.90 Å². The lowest BCUT2D eigenvalue weighted by molar-refractivity contribution is 0.224. The summed E-state index contributed by atoms with van der Waals surface area (Å²) in [6.45, 7) is 9.61. The molecule has 0 aromatic carbocycles. The van der Waals surface area contributed by atoms with Crippen molar-refractivity contribution in [3.05, 3.63) is 0 Å². The first-order valence-electron chi connectivity index (χ1n) is 6.56. The van der Waals surface area contributed by atoms with E-state index in [9.17, 15) is 0 Å². The molecule has 1 aliphatic rings. The van der Waals surface area contributed by atoms with Crippen LogP contribution < -0.4 is 5.73 Å². The maximum absolute atomic E-state index is 6.13. The predicted molar refractivity (Wildman–Crippen MR) is 70.6 cm³/mol. The highest BCUT2D eigenvalue weighted by Gasteiger charge is 2.24. The van der Waals surface area contributed by atoms with Crippen LogP contribution in [0.5, 0.6) is 0 Å². The second-order valence-corrected chi connectivity index (χ2v) is 5.77. The standard InChI is InChI=1S/C13H27N3/c1-5-8-11-9-6-7-10-16(11)12(14)15-13(2,3)4/h11H,5-10H2,1-4H3,(H2,14,15). The summed E-state index contributed by atoms with van der Waals surface area (Å²) in [7, 11) is 0. The van der Waals surface area contributed by atoms with Crippen molar-refractivity contribution in [3.63, 3.8) is 0 Å². The number of hydrogen-bond donors (Lipinski definition) is 1. The van der Waals surface area contributed by atoms with Gasteiger partial charge in [0.25, 0.3) is 0 Å². The minimum absolute atomic E-state index is 0.0711. The van der Waals surface area contributed by atoms with Crippen LogP contribution in [-0.4, -0.2) is 29.0 Å². The van der Waals surface area contributed by atoms with E-state index in [1.807, 2.05) is 0 Å². The Hall–Kier alpha value is -0.730. The van der Waals surface area contributed by atoms with Gasteiger partial charge in [0, 0.05) is 12.6 Å². The van der Waals surface area contributed by atoms with Crippen molar-refractivity contribution < 1.29 is 0 Å². The molecule has 1 saturated heterocycles. The second-order valence-electron chi connectivity index (χ2n) is 5.77. The highest BCUT2D eigenvalue weighted by Crippen LogP contribution is 2.21. The molecule has 3 heteroatoms. The Bertz CT molecular complexity index is 238. The summed E-state index contributed by atoms with van der Waals surface area (Å²) in [5.41, 5.74) is 6.06. The molecule has 0 saturated carbocycles. The maximum atomic E-state index is 6.13. The van der Waals surface area contributed by atoms with E-state index in [4.69, 9.17) is 5.73 Å². The molecule has 1 aliphatic heterocycles. The van der Waals surface area contributed by atoms with Crippen LogP contribution in [0.4, 0.5) is 0 Å². The Labute approximate surface area is 100 Å². The molecule has 0 amide bonds. The van der Waals surface area contributed by atoms with Gasteiger partial charge in [0.15, 0.2) is 5.96 Å². The first-order valence-corrected chi connectivity index (χ1v) is 6.56. The van der Waals surface area contributed by atoms with E-state index in [0.717, 1.165) is 12.5 Å².